The number of nitrogens with zero attached hydrogens (tertiary/aromatic N) is 2. The van der Waals surface area contributed by atoms with E-state index in [0.29, 0.717) is 11.5 Å². The molecule has 0 radical (unpaired) electrons. The van der Waals surface area contributed by atoms with Gasteiger partial charge in [-0.1, -0.05) is 80.4 Å². The standard InChI is InChI=1S/C22H14Br2N2O/c23-17-9-4-6-15(12-17)13-20-22(27)26(19-11-5-10-18(24)14-19)21(25-20)16-7-2-1-3-8-16/h1-14H/b20-13+. The molecule has 0 aromatic heterocycles. The minimum atomic E-state index is -0.146. The Labute approximate surface area is 174 Å². The van der Waals surface area contributed by atoms with Crippen molar-refractivity contribution in [2.75, 3.05) is 4.90 Å². The molecule has 1 aliphatic heterocycles. The Hall–Kier alpha value is -2.50. The van der Waals surface area contributed by atoms with Gasteiger partial charge in [-0.3, -0.25) is 9.69 Å². The smallest absolute Gasteiger partial charge is 0.266 e. The molecule has 0 N–H and O–H groups in total. The third kappa shape index (κ3) is 3.80. The number of hydrogen-bond acceptors (Lipinski definition) is 2. The monoisotopic (exact) mass is 480 g/mol. The summed E-state index contributed by atoms with van der Waals surface area (Å²) in [5.41, 5.74) is 2.99. The van der Waals surface area contributed by atoms with Crippen LogP contribution >= 0.6 is 31.9 Å². The van der Waals surface area contributed by atoms with Gasteiger partial charge >= 0.3 is 0 Å². The Morgan fingerprint density at radius 2 is 1.52 bits per heavy atom. The van der Waals surface area contributed by atoms with E-state index in [2.05, 4.69) is 36.9 Å². The highest BCUT2D eigenvalue weighted by Crippen LogP contribution is 2.29. The molecule has 3 aromatic rings. The van der Waals surface area contributed by atoms with Crippen LogP contribution in [0.5, 0.6) is 0 Å². The minimum Gasteiger partial charge on any atom is -0.266 e. The lowest BCUT2D eigenvalue weighted by atomic mass is 10.1. The fourth-order valence-electron chi connectivity index (χ4n) is 2.91. The van der Waals surface area contributed by atoms with Crippen LogP contribution in [0.3, 0.4) is 0 Å². The summed E-state index contributed by atoms with van der Waals surface area (Å²) in [5.74, 6) is 0.479. The van der Waals surface area contributed by atoms with E-state index in [1.54, 1.807) is 4.90 Å². The van der Waals surface area contributed by atoms with Crippen molar-refractivity contribution in [3.8, 4) is 0 Å². The summed E-state index contributed by atoms with van der Waals surface area (Å²) < 4.78 is 1.86. The van der Waals surface area contributed by atoms with E-state index in [4.69, 9.17) is 0 Å². The predicted molar refractivity (Wildman–Crippen MR) is 117 cm³/mol. The van der Waals surface area contributed by atoms with Gasteiger partial charge in [0.15, 0.2) is 0 Å². The number of aliphatic imine (C=N–C) groups is 1. The average Bonchev–Trinajstić information content (AvgIpc) is 2.99. The van der Waals surface area contributed by atoms with Gasteiger partial charge in [0.1, 0.15) is 11.5 Å². The average molecular weight is 482 g/mol. The summed E-state index contributed by atoms with van der Waals surface area (Å²) in [7, 11) is 0. The van der Waals surface area contributed by atoms with E-state index in [1.807, 2.05) is 84.9 Å². The number of carbonyl (C=O) groups excluding carboxylic acids is 1. The number of amidine groups is 1. The Kier molecular flexibility index (Phi) is 5.05. The van der Waals surface area contributed by atoms with Gasteiger partial charge in [-0.15, -0.1) is 0 Å². The van der Waals surface area contributed by atoms with E-state index in [-0.39, 0.29) is 5.91 Å². The van der Waals surface area contributed by atoms with Crippen molar-refractivity contribution in [2.24, 2.45) is 4.99 Å². The van der Waals surface area contributed by atoms with Crippen molar-refractivity contribution >= 4 is 55.4 Å². The van der Waals surface area contributed by atoms with Crippen LogP contribution in [-0.4, -0.2) is 11.7 Å². The molecule has 0 bridgehead atoms. The molecule has 1 amide bonds. The molecule has 1 aliphatic rings. The summed E-state index contributed by atoms with van der Waals surface area (Å²) in [6, 6.07) is 25.2. The number of rotatable bonds is 3. The topological polar surface area (TPSA) is 32.7 Å². The van der Waals surface area contributed by atoms with Gasteiger partial charge < -0.3 is 0 Å². The van der Waals surface area contributed by atoms with Crippen LogP contribution in [0.4, 0.5) is 5.69 Å². The fraction of sp³-hybridized carbons (Fsp3) is 0. The molecule has 3 aromatic carbocycles. The predicted octanol–water partition coefficient (Wildman–Crippen LogP) is 6.05. The van der Waals surface area contributed by atoms with Gasteiger partial charge in [0, 0.05) is 14.5 Å². The normalized spacial score (nSPS) is 15.3. The summed E-state index contributed by atoms with van der Waals surface area (Å²) in [5, 5.41) is 0. The fourth-order valence-corrected chi connectivity index (χ4v) is 3.71. The third-order valence-electron chi connectivity index (χ3n) is 4.11. The molecule has 0 aliphatic carbocycles. The quantitative estimate of drug-likeness (QED) is 0.419. The molecule has 0 unspecified atom stereocenters. The molecule has 5 heteroatoms. The van der Waals surface area contributed by atoms with Crippen molar-refractivity contribution in [3.63, 3.8) is 0 Å². The van der Waals surface area contributed by atoms with Crippen LogP contribution in [-0.2, 0) is 4.79 Å². The largest absolute Gasteiger partial charge is 0.282 e. The van der Waals surface area contributed by atoms with Crippen molar-refractivity contribution < 1.29 is 4.79 Å². The van der Waals surface area contributed by atoms with Crippen molar-refractivity contribution in [2.45, 2.75) is 0 Å². The zero-order valence-electron chi connectivity index (χ0n) is 14.1. The maximum atomic E-state index is 13.2. The second-order valence-corrected chi connectivity index (χ2v) is 7.84. The molecule has 0 saturated heterocycles. The van der Waals surface area contributed by atoms with Crippen LogP contribution in [0, 0.1) is 0 Å². The molecule has 0 atom stereocenters. The van der Waals surface area contributed by atoms with Gasteiger partial charge in [-0.2, -0.15) is 0 Å². The highest BCUT2D eigenvalue weighted by atomic mass is 79.9. The summed E-state index contributed by atoms with van der Waals surface area (Å²) in [6.45, 7) is 0. The number of amides is 1. The van der Waals surface area contributed by atoms with Gasteiger partial charge in [-0.05, 0) is 42.0 Å². The van der Waals surface area contributed by atoms with Crippen LogP contribution in [0.2, 0.25) is 0 Å². The van der Waals surface area contributed by atoms with Crippen LogP contribution in [0.1, 0.15) is 11.1 Å². The van der Waals surface area contributed by atoms with Gasteiger partial charge in [0.2, 0.25) is 0 Å². The lowest BCUT2D eigenvalue weighted by Gasteiger charge is -2.18. The second kappa shape index (κ2) is 7.62. The Morgan fingerprint density at radius 1 is 0.815 bits per heavy atom. The summed E-state index contributed by atoms with van der Waals surface area (Å²) >= 11 is 6.95. The van der Waals surface area contributed by atoms with Crippen LogP contribution < -0.4 is 4.90 Å². The van der Waals surface area contributed by atoms with Gasteiger partial charge in [-0.25, -0.2) is 4.99 Å². The highest BCUT2D eigenvalue weighted by Gasteiger charge is 2.32. The van der Waals surface area contributed by atoms with Gasteiger partial charge in [0.05, 0.1) is 5.69 Å². The molecular formula is C22H14Br2N2O. The second-order valence-electron chi connectivity index (χ2n) is 6.01. The van der Waals surface area contributed by atoms with Crippen LogP contribution in [0.25, 0.3) is 6.08 Å². The molecule has 0 fully saturated rings. The molecule has 132 valence electrons. The Morgan fingerprint density at radius 3 is 2.22 bits per heavy atom. The van der Waals surface area contributed by atoms with Gasteiger partial charge in [0.25, 0.3) is 5.91 Å². The SMILES string of the molecule is O=C1/C(=C\c2cccc(Br)c2)N=C(c2ccccc2)N1c1cccc(Br)c1. The molecule has 3 nitrogen and oxygen atoms in total. The molecule has 27 heavy (non-hydrogen) atoms. The summed E-state index contributed by atoms with van der Waals surface area (Å²) in [6.07, 6.45) is 1.81. The Bertz CT molecular complexity index is 1070. The summed E-state index contributed by atoms with van der Waals surface area (Å²) in [4.78, 5) is 19.5. The number of anilines is 1. The first-order valence-electron chi connectivity index (χ1n) is 8.33. The highest BCUT2D eigenvalue weighted by molar-refractivity contribution is 9.10. The van der Waals surface area contributed by atoms with Crippen LogP contribution in [0.15, 0.2) is 98.5 Å². The van der Waals surface area contributed by atoms with Crippen molar-refractivity contribution in [1.29, 1.82) is 0 Å². The van der Waals surface area contributed by atoms with Crippen molar-refractivity contribution in [1.82, 2.24) is 0 Å². The Balaban J connectivity index is 1.83. The first-order valence-corrected chi connectivity index (χ1v) is 9.92. The number of hydrogen-bond donors (Lipinski definition) is 0. The zero-order chi connectivity index (χ0) is 18.8. The maximum absolute atomic E-state index is 13.2. The first kappa shape index (κ1) is 17.9. The molecule has 1 heterocycles. The van der Waals surface area contributed by atoms with E-state index >= 15 is 0 Å². The number of halogens is 2. The molecular weight excluding hydrogens is 468 g/mol. The maximum Gasteiger partial charge on any atom is 0.282 e. The van der Waals surface area contributed by atoms with E-state index in [1.165, 1.54) is 0 Å². The van der Waals surface area contributed by atoms with Crippen molar-refractivity contribution in [3.05, 3.63) is 105 Å². The van der Waals surface area contributed by atoms with E-state index < -0.39 is 0 Å². The van der Waals surface area contributed by atoms with E-state index in [0.717, 1.165) is 25.8 Å². The lowest BCUT2D eigenvalue weighted by molar-refractivity contribution is -0.113. The number of benzene rings is 3. The zero-order valence-corrected chi connectivity index (χ0v) is 17.3. The lowest BCUT2D eigenvalue weighted by Crippen LogP contribution is -2.32. The molecule has 0 saturated carbocycles. The molecule has 4 rings (SSSR count). The number of carbonyl (C=O) groups is 1. The first-order chi connectivity index (χ1) is 13.1. The molecule has 0 spiro atoms. The minimum absolute atomic E-state index is 0.146. The van der Waals surface area contributed by atoms with E-state index in [9.17, 15) is 4.79 Å². The third-order valence-corrected chi connectivity index (χ3v) is 5.10.